The third kappa shape index (κ3) is 2.81. The molecule has 4 heteroatoms. The summed E-state index contributed by atoms with van der Waals surface area (Å²) < 4.78 is 17.5. The molecule has 1 unspecified atom stereocenters. The normalized spacial score (nSPS) is 13.9. The Morgan fingerprint density at radius 3 is 2.33 bits per heavy atom. The van der Waals surface area contributed by atoms with Crippen LogP contribution in [0.5, 0.6) is 5.75 Å². The van der Waals surface area contributed by atoms with E-state index in [1.807, 2.05) is 19.1 Å². The van der Waals surface area contributed by atoms with E-state index in [4.69, 9.17) is 4.52 Å². The molecule has 1 atom stereocenters. The first-order chi connectivity index (χ1) is 8.63. The van der Waals surface area contributed by atoms with E-state index < -0.39 is 7.60 Å². The Labute approximate surface area is 107 Å². The molecule has 0 bridgehead atoms. The van der Waals surface area contributed by atoms with Crippen molar-refractivity contribution in [1.29, 1.82) is 0 Å². The highest BCUT2D eigenvalue weighted by Crippen LogP contribution is 2.42. The zero-order valence-corrected chi connectivity index (χ0v) is 11.0. The topological polar surface area (TPSA) is 46.5 Å². The van der Waals surface area contributed by atoms with Gasteiger partial charge in [-0.05, 0) is 30.2 Å². The average molecular weight is 262 g/mol. The molecule has 94 valence electrons. The van der Waals surface area contributed by atoms with Gasteiger partial charge in [0.15, 0.2) is 0 Å². The van der Waals surface area contributed by atoms with Crippen LogP contribution < -0.4 is 9.83 Å². The Morgan fingerprint density at radius 1 is 1.06 bits per heavy atom. The van der Waals surface area contributed by atoms with Crippen LogP contribution in [0.15, 0.2) is 54.6 Å². The van der Waals surface area contributed by atoms with Gasteiger partial charge in [0, 0.05) is 0 Å². The van der Waals surface area contributed by atoms with Gasteiger partial charge < -0.3 is 9.42 Å². The van der Waals surface area contributed by atoms with Crippen LogP contribution in [-0.4, -0.2) is 4.89 Å². The van der Waals surface area contributed by atoms with Crippen molar-refractivity contribution in [3.8, 4) is 5.75 Å². The lowest BCUT2D eigenvalue weighted by Crippen LogP contribution is -2.09. The molecule has 0 amide bonds. The molecule has 1 N–H and O–H groups in total. The Balaban J connectivity index is 2.31. The van der Waals surface area contributed by atoms with E-state index in [0.29, 0.717) is 11.1 Å². The lowest BCUT2D eigenvalue weighted by molar-refractivity contribution is 0.392. The Bertz CT molecular complexity index is 566. The number of para-hydroxylation sites is 1. The van der Waals surface area contributed by atoms with E-state index in [1.54, 1.807) is 42.5 Å². The molecule has 2 aromatic rings. The Morgan fingerprint density at radius 2 is 1.67 bits per heavy atom. The molecule has 0 radical (unpaired) electrons. The smallest absolute Gasteiger partial charge is 0.408 e. The Kier molecular flexibility index (Phi) is 3.85. The number of hydrogen-bond acceptors (Lipinski definition) is 2. The van der Waals surface area contributed by atoms with Crippen molar-refractivity contribution in [2.75, 3.05) is 0 Å². The molecular weight excluding hydrogens is 247 g/mol. The van der Waals surface area contributed by atoms with Crippen LogP contribution in [0, 0.1) is 0 Å². The first-order valence-electron chi connectivity index (χ1n) is 5.79. The van der Waals surface area contributed by atoms with Gasteiger partial charge in [0.1, 0.15) is 5.75 Å². The standard InChI is InChI=1S/C14H15O3P/c1-2-12-8-6-7-11-14(12)17-18(15,16)13-9-4-3-5-10-13/h3-11H,2H2,1H3,(H,15,16). The molecule has 0 aliphatic carbocycles. The number of rotatable bonds is 4. The second kappa shape index (κ2) is 5.38. The van der Waals surface area contributed by atoms with E-state index in [0.717, 1.165) is 12.0 Å². The fraction of sp³-hybridized carbons (Fsp3) is 0.143. The van der Waals surface area contributed by atoms with Gasteiger partial charge in [0.25, 0.3) is 0 Å². The summed E-state index contributed by atoms with van der Waals surface area (Å²) in [5, 5.41) is 0.302. The predicted molar refractivity (Wildman–Crippen MR) is 72.3 cm³/mol. The van der Waals surface area contributed by atoms with Crippen LogP contribution >= 0.6 is 7.60 Å². The maximum absolute atomic E-state index is 12.2. The van der Waals surface area contributed by atoms with Crippen molar-refractivity contribution < 1.29 is 14.0 Å². The fourth-order valence-electron chi connectivity index (χ4n) is 1.69. The van der Waals surface area contributed by atoms with Gasteiger partial charge in [-0.15, -0.1) is 0 Å². The van der Waals surface area contributed by atoms with Crippen molar-refractivity contribution in [2.24, 2.45) is 0 Å². The van der Waals surface area contributed by atoms with Crippen LogP contribution in [0.1, 0.15) is 12.5 Å². The summed E-state index contributed by atoms with van der Waals surface area (Å²) in [6, 6.07) is 15.7. The van der Waals surface area contributed by atoms with E-state index in [1.165, 1.54) is 0 Å². The quantitative estimate of drug-likeness (QED) is 0.861. The fourth-order valence-corrected chi connectivity index (χ4v) is 2.79. The summed E-state index contributed by atoms with van der Waals surface area (Å²) in [4.78, 5) is 9.99. The lowest BCUT2D eigenvalue weighted by atomic mass is 10.1. The van der Waals surface area contributed by atoms with E-state index >= 15 is 0 Å². The van der Waals surface area contributed by atoms with Crippen molar-refractivity contribution in [1.82, 2.24) is 0 Å². The third-order valence-corrected chi connectivity index (χ3v) is 4.05. The maximum Gasteiger partial charge on any atom is 0.408 e. The van der Waals surface area contributed by atoms with Crippen molar-refractivity contribution >= 4 is 12.9 Å². The zero-order chi connectivity index (χ0) is 13.0. The molecule has 2 rings (SSSR count). The van der Waals surface area contributed by atoms with Crippen molar-refractivity contribution in [2.45, 2.75) is 13.3 Å². The predicted octanol–water partition coefficient (Wildman–Crippen LogP) is 3.14. The van der Waals surface area contributed by atoms with Crippen LogP contribution in [0.3, 0.4) is 0 Å². The molecule has 18 heavy (non-hydrogen) atoms. The molecule has 0 heterocycles. The number of benzene rings is 2. The second-order valence-corrected chi connectivity index (χ2v) is 5.65. The minimum absolute atomic E-state index is 0.302. The maximum atomic E-state index is 12.2. The highest BCUT2D eigenvalue weighted by atomic mass is 31.2. The van der Waals surface area contributed by atoms with Crippen LogP contribution in [0.4, 0.5) is 0 Å². The van der Waals surface area contributed by atoms with Crippen molar-refractivity contribution in [3.05, 3.63) is 60.2 Å². The molecule has 0 aliphatic rings. The summed E-state index contributed by atoms with van der Waals surface area (Å²) in [7, 11) is -3.81. The second-order valence-electron chi connectivity index (χ2n) is 3.91. The van der Waals surface area contributed by atoms with Gasteiger partial charge in [0.05, 0.1) is 5.30 Å². The summed E-state index contributed by atoms with van der Waals surface area (Å²) in [5.41, 5.74) is 0.919. The van der Waals surface area contributed by atoms with Gasteiger partial charge in [-0.3, -0.25) is 0 Å². The molecular formula is C14H15O3P. The minimum atomic E-state index is -3.81. The summed E-state index contributed by atoms with van der Waals surface area (Å²) in [5.74, 6) is 0.467. The molecule has 0 saturated heterocycles. The van der Waals surface area contributed by atoms with Crippen LogP contribution in [-0.2, 0) is 11.0 Å². The van der Waals surface area contributed by atoms with E-state index in [9.17, 15) is 9.46 Å². The van der Waals surface area contributed by atoms with Gasteiger partial charge in [0.2, 0.25) is 0 Å². The lowest BCUT2D eigenvalue weighted by Gasteiger charge is -2.15. The SMILES string of the molecule is CCc1ccccc1OP(=O)(O)c1ccccc1. The first kappa shape index (κ1) is 12.9. The average Bonchev–Trinajstić information content (AvgIpc) is 2.40. The van der Waals surface area contributed by atoms with Crippen LogP contribution in [0.25, 0.3) is 0 Å². The highest BCUT2D eigenvalue weighted by molar-refractivity contribution is 7.61. The Hall–Kier alpha value is -1.57. The monoisotopic (exact) mass is 262 g/mol. The molecule has 0 aliphatic heterocycles. The third-order valence-electron chi connectivity index (χ3n) is 2.66. The summed E-state index contributed by atoms with van der Waals surface area (Å²) in [6.45, 7) is 1.98. The summed E-state index contributed by atoms with van der Waals surface area (Å²) >= 11 is 0. The van der Waals surface area contributed by atoms with Gasteiger partial charge in [-0.25, -0.2) is 4.57 Å². The number of hydrogen-bond donors (Lipinski definition) is 1. The van der Waals surface area contributed by atoms with Crippen molar-refractivity contribution in [3.63, 3.8) is 0 Å². The number of aryl methyl sites for hydroxylation is 1. The zero-order valence-electron chi connectivity index (χ0n) is 10.1. The first-order valence-corrected chi connectivity index (χ1v) is 7.37. The van der Waals surface area contributed by atoms with E-state index in [2.05, 4.69) is 0 Å². The molecule has 0 aromatic heterocycles. The van der Waals surface area contributed by atoms with Gasteiger partial charge in [-0.1, -0.05) is 43.3 Å². The molecule has 0 fully saturated rings. The highest BCUT2D eigenvalue weighted by Gasteiger charge is 2.24. The molecule has 0 saturated carbocycles. The molecule has 2 aromatic carbocycles. The largest absolute Gasteiger partial charge is 0.421 e. The molecule has 3 nitrogen and oxygen atoms in total. The van der Waals surface area contributed by atoms with E-state index in [-0.39, 0.29) is 0 Å². The summed E-state index contributed by atoms with van der Waals surface area (Å²) in [6.07, 6.45) is 0.755. The van der Waals surface area contributed by atoms with Crippen LogP contribution in [0.2, 0.25) is 0 Å². The minimum Gasteiger partial charge on any atom is -0.421 e. The van der Waals surface area contributed by atoms with Gasteiger partial charge >= 0.3 is 7.60 Å². The molecule has 0 spiro atoms. The van der Waals surface area contributed by atoms with Gasteiger partial charge in [-0.2, -0.15) is 0 Å².